The van der Waals surface area contributed by atoms with E-state index < -0.39 is 0 Å². The van der Waals surface area contributed by atoms with Gasteiger partial charge in [-0.15, -0.1) is 24.0 Å². The second-order valence-corrected chi connectivity index (χ2v) is 5.82. The van der Waals surface area contributed by atoms with E-state index in [0.717, 1.165) is 31.2 Å². The first-order valence-electron chi connectivity index (χ1n) is 7.88. The Morgan fingerprint density at radius 3 is 2.67 bits per heavy atom. The number of benzene rings is 1. The summed E-state index contributed by atoms with van der Waals surface area (Å²) >= 11 is 5.89. The van der Waals surface area contributed by atoms with Gasteiger partial charge in [0.15, 0.2) is 5.96 Å². The van der Waals surface area contributed by atoms with Gasteiger partial charge in [0.05, 0.1) is 0 Å². The van der Waals surface area contributed by atoms with Crippen LogP contribution in [0.5, 0.6) is 0 Å². The minimum Gasteiger partial charge on any atom is -0.357 e. The molecule has 1 aliphatic heterocycles. The zero-order valence-electron chi connectivity index (χ0n) is 13.5. The maximum atomic E-state index is 5.89. The van der Waals surface area contributed by atoms with Crippen LogP contribution in [0.15, 0.2) is 33.8 Å². The van der Waals surface area contributed by atoms with E-state index in [1.807, 2.05) is 24.3 Å². The van der Waals surface area contributed by atoms with Crippen molar-refractivity contribution in [3.05, 3.63) is 35.2 Å². The first-order chi connectivity index (χ1) is 11.3. The molecule has 0 atom stereocenters. The summed E-state index contributed by atoms with van der Waals surface area (Å²) in [5, 5.41) is 8.00. The van der Waals surface area contributed by atoms with Crippen molar-refractivity contribution in [2.45, 2.75) is 26.3 Å². The van der Waals surface area contributed by atoms with E-state index in [4.69, 9.17) is 16.1 Å². The van der Waals surface area contributed by atoms with Crippen LogP contribution in [0.25, 0.3) is 11.4 Å². The van der Waals surface area contributed by atoms with Crippen LogP contribution in [-0.2, 0) is 6.54 Å². The molecule has 0 bridgehead atoms. The summed E-state index contributed by atoms with van der Waals surface area (Å²) in [4.78, 5) is 11.3. The van der Waals surface area contributed by atoms with E-state index in [1.165, 1.54) is 12.8 Å². The third-order valence-electron chi connectivity index (χ3n) is 3.68. The van der Waals surface area contributed by atoms with E-state index >= 15 is 0 Å². The highest BCUT2D eigenvalue weighted by atomic mass is 127. The fourth-order valence-electron chi connectivity index (χ4n) is 2.53. The van der Waals surface area contributed by atoms with Crippen LogP contribution in [0.4, 0.5) is 0 Å². The van der Waals surface area contributed by atoms with Crippen LogP contribution in [0.2, 0.25) is 5.02 Å². The Kier molecular flexibility index (Phi) is 7.29. The van der Waals surface area contributed by atoms with Gasteiger partial charge in [-0.05, 0) is 44.0 Å². The molecule has 0 saturated carbocycles. The Bertz CT molecular complexity index is 667. The van der Waals surface area contributed by atoms with Crippen molar-refractivity contribution >= 4 is 41.5 Å². The van der Waals surface area contributed by atoms with Gasteiger partial charge in [0.2, 0.25) is 11.7 Å². The predicted molar refractivity (Wildman–Crippen MR) is 106 cm³/mol. The normalized spacial score (nSPS) is 14.6. The Morgan fingerprint density at radius 2 is 2.00 bits per heavy atom. The molecule has 0 amide bonds. The van der Waals surface area contributed by atoms with Gasteiger partial charge in [-0.25, -0.2) is 4.99 Å². The molecule has 0 unspecified atom stereocenters. The van der Waals surface area contributed by atoms with Gasteiger partial charge >= 0.3 is 0 Å². The highest BCUT2D eigenvalue weighted by Gasteiger charge is 2.16. The number of aliphatic imine (C=N–C) groups is 1. The summed E-state index contributed by atoms with van der Waals surface area (Å²) in [6.07, 6.45) is 2.43. The van der Waals surface area contributed by atoms with Crippen molar-refractivity contribution in [2.24, 2.45) is 4.99 Å². The van der Waals surface area contributed by atoms with Gasteiger partial charge in [-0.1, -0.05) is 16.8 Å². The molecule has 1 aromatic carbocycles. The zero-order chi connectivity index (χ0) is 16.1. The van der Waals surface area contributed by atoms with E-state index in [0.29, 0.717) is 23.3 Å². The average Bonchev–Trinajstić information content (AvgIpc) is 3.24. The SMILES string of the molecule is CCNC(=NCc1nc(-c2ccc(Cl)cc2)no1)N1CCCC1.I. The number of rotatable bonds is 4. The number of hydrogen-bond donors (Lipinski definition) is 1. The largest absolute Gasteiger partial charge is 0.357 e. The highest BCUT2D eigenvalue weighted by Crippen LogP contribution is 2.19. The van der Waals surface area contributed by atoms with Crippen molar-refractivity contribution in [2.75, 3.05) is 19.6 Å². The predicted octanol–water partition coefficient (Wildman–Crippen LogP) is 3.57. The number of halogens is 2. The maximum absolute atomic E-state index is 5.89. The lowest BCUT2D eigenvalue weighted by atomic mass is 10.2. The minimum absolute atomic E-state index is 0. The van der Waals surface area contributed by atoms with E-state index in [-0.39, 0.29) is 24.0 Å². The Morgan fingerprint density at radius 1 is 1.29 bits per heavy atom. The number of guanidine groups is 1. The average molecular weight is 462 g/mol. The number of hydrogen-bond acceptors (Lipinski definition) is 4. The second kappa shape index (κ2) is 9.22. The van der Waals surface area contributed by atoms with Gasteiger partial charge < -0.3 is 14.7 Å². The van der Waals surface area contributed by atoms with Crippen molar-refractivity contribution in [3.63, 3.8) is 0 Å². The number of nitrogens with zero attached hydrogens (tertiary/aromatic N) is 4. The first kappa shape index (κ1) is 19.0. The monoisotopic (exact) mass is 461 g/mol. The quantitative estimate of drug-likeness (QED) is 0.428. The molecule has 24 heavy (non-hydrogen) atoms. The molecule has 1 aromatic heterocycles. The third-order valence-corrected chi connectivity index (χ3v) is 3.93. The molecular formula is C16H21ClIN5O. The van der Waals surface area contributed by atoms with Crippen molar-refractivity contribution < 1.29 is 4.52 Å². The van der Waals surface area contributed by atoms with Crippen molar-refractivity contribution in [1.82, 2.24) is 20.4 Å². The molecule has 130 valence electrons. The fraction of sp³-hybridized carbons (Fsp3) is 0.438. The van der Waals surface area contributed by atoms with E-state index in [9.17, 15) is 0 Å². The Hall–Kier alpha value is -1.35. The Labute approximate surface area is 163 Å². The lowest BCUT2D eigenvalue weighted by molar-refractivity contribution is 0.379. The Balaban J connectivity index is 0.00000208. The van der Waals surface area contributed by atoms with Crippen LogP contribution >= 0.6 is 35.6 Å². The van der Waals surface area contributed by atoms with Crippen LogP contribution < -0.4 is 5.32 Å². The van der Waals surface area contributed by atoms with Crippen LogP contribution in [0.3, 0.4) is 0 Å². The van der Waals surface area contributed by atoms with Gasteiger partial charge in [0, 0.05) is 30.2 Å². The van der Waals surface area contributed by atoms with Crippen LogP contribution in [0.1, 0.15) is 25.7 Å². The molecule has 1 fully saturated rings. The summed E-state index contributed by atoms with van der Waals surface area (Å²) in [6.45, 7) is 5.38. The topological polar surface area (TPSA) is 66.5 Å². The molecule has 6 nitrogen and oxygen atoms in total. The van der Waals surface area contributed by atoms with Gasteiger partial charge in [0.1, 0.15) is 6.54 Å². The van der Waals surface area contributed by atoms with Crippen LogP contribution in [-0.4, -0.2) is 40.6 Å². The van der Waals surface area contributed by atoms with Gasteiger partial charge in [-0.3, -0.25) is 0 Å². The fourth-order valence-corrected chi connectivity index (χ4v) is 2.66. The standard InChI is InChI=1S/C16H20ClN5O.HI/c1-2-18-16(22-9-3-4-10-22)19-11-14-20-15(21-23-14)12-5-7-13(17)8-6-12;/h5-8H,2-4,9-11H2,1H3,(H,18,19);1H. The molecule has 0 spiro atoms. The molecule has 2 aromatic rings. The number of aromatic nitrogens is 2. The molecular weight excluding hydrogens is 441 g/mol. The van der Waals surface area contributed by atoms with Crippen LogP contribution in [0, 0.1) is 0 Å². The summed E-state index contributed by atoms with van der Waals surface area (Å²) in [5.74, 6) is 1.97. The van der Waals surface area contributed by atoms with Gasteiger partial charge in [0.25, 0.3) is 0 Å². The summed E-state index contributed by atoms with van der Waals surface area (Å²) in [6, 6.07) is 7.35. The van der Waals surface area contributed by atoms with Crippen molar-refractivity contribution in [1.29, 1.82) is 0 Å². The number of nitrogens with one attached hydrogen (secondary N) is 1. The van der Waals surface area contributed by atoms with Crippen molar-refractivity contribution in [3.8, 4) is 11.4 Å². The smallest absolute Gasteiger partial charge is 0.248 e. The molecule has 3 rings (SSSR count). The lowest BCUT2D eigenvalue weighted by Gasteiger charge is -2.20. The molecule has 1 aliphatic rings. The zero-order valence-corrected chi connectivity index (χ0v) is 16.6. The molecule has 0 radical (unpaired) electrons. The minimum atomic E-state index is 0. The molecule has 2 heterocycles. The van der Waals surface area contributed by atoms with E-state index in [1.54, 1.807) is 0 Å². The number of likely N-dealkylation sites (tertiary alicyclic amines) is 1. The summed E-state index contributed by atoms with van der Waals surface area (Å²) in [5.41, 5.74) is 0.875. The highest BCUT2D eigenvalue weighted by molar-refractivity contribution is 14.0. The molecule has 8 heteroatoms. The summed E-state index contributed by atoms with van der Waals surface area (Å²) < 4.78 is 5.29. The maximum Gasteiger partial charge on any atom is 0.248 e. The summed E-state index contributed by atoms with van der Waals surface area (Å²) in [7, 11) is 0. The van der Waals surface area contributed by atoms with E-state index in [2.05, 4.69) is 32.3 Å². The molecule has 1 N–H and O–H groups in total. The third kappa shape index (κ3) is 4.83. The lowest BCUT2D eigenvalue weighted by Crippen LogP contribution is -2.39. The molecule has 1 saturated heterocycles. The second-order valence-electron chi connectivity index (χ2n) is 5.38. The molecule has 0 aliphatic carbocycles. The first-order valence-corrected chi connectivity index (χ1v) is 8.26. The van der Waals surface area contributed by atoms with Gasteiger partial charge in [-0.2, -0.15) is 4.98 Å².